The van der Waals surface area contributed by atoms with Crippen LogP contribution in [0.4, 0.5) is 32.0 Å². The van der Waals surface area contributed by atoms with E-state index >= 15 is 0 Å². The number of ether oxygens (including phenoxy) is 1. The van der Waals surface area contributed by atoms with Gasteiger partial charge in [-0.1, -0.05) is 11.2 Å². The number of hydrogen-bond acceptors (Lipinski definition) is 8. The number of carbonyl (C=O) groups excluding carboxylic acids is 1. The van der Waals surface area contributed by atoms with Gasteiger partial charge >= 0.3 is 17.8 Å². The van der Waals surface area contributed by atoms with Crippen LogP contribution in [0, 0.1) is 11.6 Å². The van der Waals surface area contributed by atoms with Gasteiger partial charge < -0.3 is 24.7 Å². The SMILES string of the molecule is O=C(Nc1ccc(N2CCOCC2)nc1)c1nnc(Nc2cccc(F)c2F)o1. The number of nitrogens with one attached hydrogen (secondary N) is 2. The van der Waals surface area contributed by atoms with E-state index in [1.807, 2.05) is 0 Å². The number of nitrogens with zero attached hydrogens (tertiary/aromatic N) is 4. The predicted molar refractivity (Wildman–Crippen MR) is 99.2 cm³/mol. The smallest absolute Gasteiger partial charge is 0.320 e. The Kier molecular flexibility index (Phi) is 5.29. The quantitative estimate of drug-likeness (QED) is 0.671. The van der Waals surface area contributed by atoms with Gasteiger partial charge in [-0.3, -0.25) is 4.79 Å². The van der Waals surface area contributed by atoms with Gasteiger partial charge in [0, 0.05) is 13.1 Å². The molecule has 1 aromatic carbocycles. The Labute approximate surface area is 163 Å². The van der Waals surface area contributed by atoms with Crippen molar-refractivity contribution in [2.24, 2.45) is 0 Å². The van der Waals surface area contributed by atoms with E-state index in [0.29, 0.717) is 18.9 Å². The molecule has 11 heteroatoms. The van der Waals surface area contributed by atoms with E-state index in [4.69, 9.17) is 9.15 Å². The van der Waals surface area contributed by atoms with Crippen LogP contribution in [0.1, 0.15) is 10.7 Å². The molecule has 2 aromatic heterocycles. The zero-order chi connectivity index (χ0) is 20.2. The molecule has 1 aliphatic heterocycles. The lowest BCUT2D eigenvalue weighted by Gasteiger charge is -2.27. The minimum absolute atomic E-state index is 0.191. The third-order valence-electron chi connectivity index (χ3n) is 4.15. The summed E-state index contributed by atoms with van der Waals surface area (Å²) in [6.07, 6.45) is 1.51. The lowest BCUT2D eigenvalue weighted by atomic mass is 10.3. The van der Waals surface area contributed by atoms with E-state index < -0.39 is 17.5 Å². The summed E-state index contributed by atoms with van der Waals surface area (Å²) in [5.74, 6) is -2.34. The van der Waals surface area contributed by atoms with E-state index in [0.717, 1.165) is 25.0 Å². The second-order valence-corrected chi connectivity index (χ2v) is 6.10. The van der Waals surface area contributed by atoms with Crippen LogP contribution in [0.2, 0.25) is 0 Å². The molecule has 0 spiro atoms. The van der Waals surface area contributed by atoms with Gasteiger partial charge in [-0.25, -0.2) is 13.8 Å². The fourth-order valence-electron chi connectivity index (χ4n) is 2.71. The van der Waals surface area contributed by atoms with Crippen molar-refractivity contribution in [3.63, 3.8) is 0 Å². The number of benzene rings is 1. The average molecular weight is 402 g/mol. The Hall–Kier alpha value is -3.60. The normalized spacial score (nSPS) is 13.9. The molecule has 1 saturated heterocycles. The van der Waals surface area contributed by atoms with Crippen LogP contribution in [-0.2, 0) is 4.74 Å². The standard InChI is InChI=1S/C18H16F2N6O3/c19-12-2-1-3-13(15(12)20)23-18-25-24-17(29-18)16(27)22-11-4-5-14(21-10-11)26-6-8-28-9-7-26/h1-5,10H,6-9H2,(H,22,27)(H,23,25). The Balaban J connectivity index is 1.39. The molecule has 1 aliphatic rings. The summed E-state index contributed by atoms with van der Waals surface area (Å²) >= 11 is 0. The zero-order valence-corrected chi connectivity index (χ0v) is 15.1. The van der Waals surface area contributed by atoms with Crippen molar-refractivity contribution < 1.29 is 22.7 Å². The van der Waals surface area contributed by atoms with Crippen molar-refractivity contribution in [1.82, 2.24) is 15.2 Å². The average Bonchev–Trinajstić information content (AvgIpc) is 3.21. The van der Waals surface area contributed by atoms with Crippen LogP contribution < -0.4 is 15.5 Å². The maximum atomic E-state index is 13.7. The molecule has 0 aliphatic carbocycles. The molecule has 1 amide bonds. The number of carbonyl (C=O) groups is 1. The molecule has 3 aromatic rings. The molecule has 0 bridgehead atoms. The van der Waals surface area contributed by atoms with E-state index in [2.05, 4.69) is 30.7 Å². The van der Waals surface area contributed by atoms with Crippen LogP contribution in [0.3, 0.4) is 0 Å². The van der Waals surface area contributed by atoms with E-state index in [-0.39, 0.29) is 17.6 Å². The molecule has 150 valence electrons. The number of amides is 1. The first kappa shape index (κ1) is 18.7. The second-order valence-electron chi connectivity index (χ2n) is 6.10. The van der Waals surface area contributed by atoms with Gasteiger partial charge in [-0.05, 0) is 24.3 Å². The molecule has 1 fully saturated rings. The molecule has 0 unspecified atom stereocenters. The Bertz CT molecular complexity index is 1010. The largest absolute Gasteiger partial charge is 0.399 e. The maximum absolute atomic E-state index is 13.7. The van der Waals surface area contributed by atoms with E-state index in [1.165, 1.54) is 18.3 Å². The summed E-state index contributed by atoms with van der Waals surface area (Å²) in [4.78, 5) is 18.7. The topological polar surface area (TPSA) is 105 Å². The molecular formula is C18H16F2N6O3. The maximum Gasteiger partial charge on any atom is 0.320 e. The summed E-state index contributed by atoms with van der Waals surface area (Å²) in [6.45, 7) is 2.80. The Morgan fingerprint density at radius 3 is 2.69 bits per heavy atom. The number of pyridine rings is 1. The van der Waals surface area contributed by atoms with Gasteiger partial charge in [0.15, 0.2) is 11.6 Å². The van der Waals surface area contributed by atoms with Crippen molar-refractivity contribution in [2.75, 3.05) is 41.8 Å². The molecule has 29 heavy (non-hydrogen) atoms. The Morgan fingerprint density at radius 2 is 1.93 bits per heavy atom. The lowest BCUT2D eigenvalue weighted by Crippen LogP contribution is -2.36. The zero-order valence-electron chi connectivity index (χ0n) is 15.1. The third kappa shape index (κ3) is 4.29. The molecule has 4 rings (SSSR count). The minimum atomic E-state index is -1.09. The monoisotopic (exact) mass is 402 g/mol. The van der Waals surface area contributed by atoms with Crippen LogP contribution in [0.15, 0.2) is 40.9 Å². The van der Waals surface area contributed by atoms with Gasteiger partial charge in [-0.15, -0.1) is 5.10 Å². The van der Waals surface area contributed by atoms with Gasteiger partial charge in [0.25, 0.3) is 0 Å². The highest BCUT2D eigenvalue weighted by atomic mass is 19.2. The molecule has 3 heterocycles. The fraction of sp³-hybridized carbons (Fsp3) is 0.222. The van der Waals surface area contributed by atoms with Crippen molar-refractivity contribution in [2.45, 2.75) is 0 Å². The van der Waals surface area contributed by atoms with Gasteiger partial charge in [0.1, 0.15) is 5.82 Å². The number of rotatable bonds is 5. The minimum Gasteiger partial charge on any atom is -0.399 e. The number of anilines is 4. The summed E-state index contributed by atoms with van der Waals surface area (Å²) in [7, 11) is 0. The molecule has 0 radical (unpaired) electrons. The highest BCUT2D eigenvalue weighted by Crippen LogP contribution is 2.21. The fourth-order valence-corrected chi connectivity index (χ4v) is 2.71. The molecule has 2 N–H and O–H groups in total. The lowest BCUT2D eigenvalue weighted by molar-refractivity contribution is 0.0991. The summed E-state index contributed by atoms with van der Waals surface area (Å²) < 4.78 is 37.4. The number of morpholine rings is 1. The van der Waals surface area contributed by atoms with Crippen LogP contribution >= 0.6 is 0 Å². The summed E-state index contributed by atoms with van der Waals surface area (Å²) in [6, 6.07) is 6.83. The van der Waals surface area contributed by atoms with Crippen molar-refractivity contribution in [3.05, 3.63) is 54.1 Å². The van der Waals surface area contributed by atoms with Crippen LogP contribution in [-0.4, -0.2) is 47.4 Å². The van der Waals surface area contributed by atoms with Gasteiger partial charge in [0.2, 0.25) is 0 Å². The first-order valence-corrected chi connectivity index (χ1v) is 8.75. The number of halogens is 2. The second kappa shape index (κ2) is 8.19. The summed E-state index contributed by atoms with van der Waals surface area (Å²) in [5.41, 5.74) is 0.249. The highest BCUT2D eigenvalue weighted by Gasteiger charge is 2.18. The first-order valence-electron chi connectivity index (χ1n) is 8.75. The van der Waals surface area contributed by atoms with Crippen molar-refractivity contribution in [1.29, 1.82) is 0 Å². The number of hydrogen-bond donors (Lipinski definition) is 2. The highest BCUT2D eigenvalue weighted by molar-refractivity contribution is 6.00. The van der Waals surface area contributed by atoms with Crippen molar-refractivity contribution in [3.8, 4) is 0 Å². The van der Waals surface area contributed by atoms with Crippen LogP contribution in [0.25, 0.3) is 0 Å². The third-order valence-corrected chi connectivity index (χ3v) is 4.15. The Morgan fingerprint density at radius 1 is 1.10 bits per heavy atom. The molecular weight excluding hydrogens is 386 g/mol. The first-order chi connectivity index (χ1) is 14.1. The molecule has 0 saturated carbocycles. The van der Waals surface area contributed by atoms with E-state index in [9.17, 15) is 13.6 Å². The van der Waals surface area contributed by atoms with Crippen LogP contribution in [0.5, 0.6) is 0 Å². The van der Waals surface area contributed by atoms with Gasteiger partial charge in [-0.2, -0.15) is 0 Å². The summed E-state index contributed by atoms with van der Waals surface area (Å²) in [5, 5.41) is 12.2. The van der Waals surface area contributed by atoms with Gasteiger partial charge in [0.05, 0.1) is 30.8 Å². The predicted octanol–water partition coefficient (Wildman–Crippen LogP) is 2.58. The van der Waals surface area contributed by atoms with E-state index in [1.54, 1.807) is 12.1 Å². The van der Waals surface area contributed by atoms with Crippen molar-refractivity contribution >= 4 is 29.1 Å². The molecule has 0 atom stereocenters. The molecule has 9 nitrogen and oxygen atoms in total. The number of aromatic nitrogens is 3.